The summed E-state index contributed by atoms with van der Waals surface area (Å²) in [6, 6.07) is 10.2. The fourth-order valence-corrected chi connectivity index (χ4v) is 2.61. The van der Waals surface area contributed by atoms with E-state index in [0.717, 1.165) is 11.1 Å². The summed E-state index contributed by atoms with van der Waals surface area (Å²) in [5, 5.41) is 7.73. The van der Waals surface area contributed by atoms with Crippen LogP contribution in [0.3, 0.4) is 0 Å². The van der Waals surface area contributed by atoms with E-state index in [9.17, 15) is 9.59 Å². The van der Waals surface area contributed by atoms with Crippen LogP contribution in [0.1, 0.15) is 28.5 Å². The van der Waals surface area contributed by atoms with Gasteiger partial charge in [-0.05, 0) is 43.2 Å². The first kappa shape index (κ1) is 19.6. The molecule has 1 aromatic carbocycles. The maximum Gasteiger partial charge on any atom is 0.359 e. The average molecular weight is 399 g/mol. The molecule has 1 N–H and O–H groups in total. The van der Waals surface area contributed by atoms with Gasteiger partial charge in [-0.1, -0.05) is 23.7 Å². The first-order chi connectivity index (χ1) is 13.5. The molecule has 7 nitrogen and oxygen atoms in total. The van der Waals surface area contributed by atoms with Crippen LogP contribution < -0.4 is 10.9 Å². The molecule has 0 amide bonds. The highest BCUT2D eigenvalue weighted by atomic mass is 35.5. The van der Waals surface area contributed by atoms with Gasteiger partial charge in [0.1, 0.15) is 12.3 Å². The van der Waals surface area contributed by atoms with E-state index in [4.69, 9.17) is 16.3 Å². The van der Waals surface area contributed by atoms with Gasteiger partial charge in [-0.2, -0.15) is 5.10 Å². The first-order valence-electron chi connectivity index (χ1n) is 8.69. The van der Waals surface area contributed by atoms with Gasteiger partial charge in [0, 0.05) is 23.8 Å². The lowest BCUT2D eigenvalue weighted by Crippen LogP contribution is -2.27. The minimum absolute atomic E-state index is 0.0412. The van der Waals surface area contributed by atoms with Crippen molar-refractivity contribution < 1.29 is 9.53 Å². The summed E-state index contributed by atoms with van der Waals surface area (Å²) in [6.07, 6.45) is 3.28. The predicted molar refractivity (Wildman–Crippen MR) is 107 cm³/mol. The largest absolute Gasteiger partial charge is 0.456 e. The van der Waals surface area contributed by atoms with Crippen LogP contribution in [0.15, 0.2) is 53.6 Å². The summed E-state index contributed by atoms with van der Waals surface area (Å²) < 4.78 is 6.54. The standard InChI is InChI=1S/C20H19ClN4O3/c1-3-25-19(26)16(23-18-11-22-9-8-13(18)2)10-17(24-25)20(27)28-12-14-4-6-15(21)7-5-14/h4-11,23H,3,12H2,1-2H3. The molecule has 0 atom stereocenters. The van der Waals surface area contributed by atoms with E-state index in [0.29, 0.717) is 17.3 Å². The number of nitrogens with one attached hydrogen (secondary N) is 1. The summed E-state index contributed by atoms with van der Waals surface area (Å²) in [5.74, 6) is -0.622. The molecule has 0 spiro atoms. The fraction of sp³-hybridized carbons (Fsp3) is 0.200. The lowest BCUT2D eigenvalue weighted by molar-refractivity contribution is 0.0462. The van der Waals surface area contributed by atoms with Crippen molar-refractivity contribution in [3.8, 4) is 0 Å². The van der Waals surface area contributed by atoms with Gasteiger partial charge in [0.25, 0.3) is 5.56 Å². The Morgan fingerprint density at radius 2 is 1.96 bits per heavy atom. The highest BCUT2D eigenvalue weighted by Crippen LogP contribution is 2.17. The molecule has 3 rings (SSSR count). The number of nitrogens with zero attached hydrogens (tertiary/aromatic N) is 3. The summed E-state index contributed by atoms with van der Waals surface area (Å²) >= 11 is 5.85. The molecule has 3 aromatic rings. The number of hydrogen-bond donors (Lipinski definition) is 1. The van der Waals surface area contributed by atoms with E-state index >= 15 is 0 Å². The molecule has 0 aliphatic heterocycles. The summed E-state index contributed by atoms with van der Waals surface area (Å²) in [6.45, 7) is 4.06. The van der Waals surface area contributed by atoms with E-state index in [1.807, 2.05) is 13.0 Å². The monoisotopic (exact) mass is 398 g/mol. The van der Waals surface area contributed by atoms with E-state index in [1.165, 1.54) is 10.7 Å². The number of halogens is 1. The van der Waals surface area contributed by atoms with Gasteiger partial charge in [0.15, 0.2) is 5.69 Å². The van der Waals surface area contributed by atoms with E-state index < -0.39 is 5.97 Å². The highest BCUT2D eigenvalue weighted by molar-refractivity contribution is 6.30. The van der Waals surface area contributed by atoms with Crippen LogP contribution in [-0.2, 0) is 17.9 Å². The third-order valence-electron chi connectivity index (χ3n) is 4.07. The molecule has 0 unspecified atom stereocenters. The van der Waals surface area contributed by atoms with Crippen molar-refractivity contribution in [1.82, 2.24) is 14.8 Å². The Morgan fingerprint density at radius 3 is 2.64 bits per heavy atom. The van der Waals surface area contributed by atoms with E-state index in [1.54, 1.807) is 43.6 Å². The Labute approximate surface area is 166 Å². The maximum absolute atomic E-state index is 12.6. The highest BCUT2D eigenvalue weighted by Gasteiger charge is 2.16. The second-order valence-corrected chi connectivity index (χ2v) is 6.52. The number of ether oxygens (including phenoxy) is 1. The molecule has 0 saturated heterocycles. The molecule has 2 heterocycles. The van der Waals surface area contributed by atoms with Gasteiger partial charge >= 0.3 is 5.97 Å². The number of benzene rings is 1. The van der Waals surface area contributed by atoms with Gasteiger partial charge in [-0.15, -0.1) is 0 Å². The summed E-state index contributed by atoms with van der Waals surface area (Å²) in [5.41, 5.74) is 2.33. The van der Waals surface area contributed by atoms with Gasteiger partial charge in [0.2, 0.25) is 0 Å². The van der Waals surface area contributed by atoms with Crippen LogP contribution >= 0.6 is 11.6 Å². The SMILES string of the molecule is CCn1nc(C(=O)OCc2ccc(Cl)cc2)cc(Nc2cnccc2C)c1=O. The van der Waals surface area contributed by atoms with E-state index in [-0.39, 0.29) is 23.5 Å². The smallest absolute Gasteiger partial charge is 0.359 e. The van der Waals surface area contributed by atoms with Crippen LogP contribution in [0.25, 0.3) is 0 Å². The van der Waals surface area contributed by atoms with Crippen LogP contribution in [-0.4, -0.2) is 20.7 Å². The minimum Gasteiger partial charge on any atom is -0.456 e. The van der Waals surface area contributed by atoms with Gasteiger partial charge < -0.3 is 10.1 Å². The van der Waals surface area contributed by atoms with Crippen molar-refractivity contribution in [2.45, 2.75) is 27.0 Å². The van der Waals surface area contributed by atoms with Crippen molar-refractivity contribution in [3.05, 3.63) is 81.0 Å². The van der Waals surface area contributed by atoms with Gasteiger partial charge in [-0.3, -0.25) is 9.78 Å². The number of carbonyl (C=O) groups excluding carboxylic acids is 1. The molecule has 144 valence electrons. The molecule has 28 heavy (non-hydrogen) atoms. The number of esters is 1. The number of pyridine rings is 1. The lowest BCUT2D eigenvalue weighted by Gasteiger charge is -2.12. The third-order valence-corrected chi connectivity index (χ3v) is 4.33. The number of aromatic nitrogens is 3. The molecule has 8 heteroatoms. The van der Waals surface area contributed by atoms with Gasteiger partial charge in [0.05, 0.1) is 11.9 Å². The molecular weight excluding hydrogens is 380 g/mol. The predicted octanol–water partition coefficient (Wildman–Crippen LogP) is 3.72. The van der Waals surface area contributed by atoms with E-state index in [2.05, 4.69) is 15.4 Å². The van der Waals surface area contributed by atoms with Crippen LogP contribution in [0.2, 0.25) is 5.02 Å². The first-order valence-corrected chi connectivity index (χ1v) is 9.07. The Kier molecular flexibility index (Phi) is 6.06. The quantitative estimate of drug-likeness (QED) is 0.637. The molecule has 0 radical (unpaired) electrons. The molecule has 0 saturated carbocycles. The summed E-state index contributed by atoms with van der Waals surface area (Å²) in [4.78, 5) is 29.1. The molecule has 0 aliphatic rings. The van der Waals surface area contributed by atoms with Crippen LogP contribution in [0.4, 0.5) is 11.4 Å². The Hall–Kier alpha value is -3.19. The van der Waals surface area contributed by atoms with Crippen molar-refractivity contribution in [2.75, 3.05) is 5.32 Å². The van der Waals surface area contributed by atoms with Crippen molar-refractivity contribution in [2.24, 2.45) is 0 Å². The number of rotatable bonds is 6. The summed E-state index contributed by atoms with van der Waals surface area (Å²) in [7, 11) is 0. The minimum atomic E-state index is -0.622. The second kappa shape index (κ2) is 8.67. The lowest BCUT2D eigenvalue weighted by atomic mass is 10.2. The molecular formula is C20H19ClN4O3. The molecule has 0 bridgehead atoms. The average Bonchev–Trinajstić information content (AvgIpc) is 2.70. The van der Waals surface area contributed by atoms with Crippen molar-refractivity contribution >= 4 is 28.9 Å². The topological polar surface area (TPSA) is 86.1 Å². The normalized spacial score (nSPS) is 10.5. The molecule has 0 fully saturated rings. The van der Waals surface area contributed by atoms with Gasteiger partial charge in [-0.25, -0.2) is 9.48 Å². The van der Waals surface area contributed by atoms with Crippen LogP contribution in [0, 0.1) is 6.92 Å². The number of hydrogen-bond acceptors (Lipinski definition) is 6. The third kappa shape index (κ3) is 4.55. The fourth-order valence-electron chi connectivity index (χ4n) is 2.49. The van der Waals surface area contributed by atoms with Crippen molar-refractivity contribution in [1.29, 1.82) is 0 Å². The molecule has 2 aromatic heterocycles. The zero-order chi connectivity index (χ0) is 20.1. The van der Waals surface area contributed by atoms with Crippen LogP contribution in [0.5, 0.6) is 0 Å². The van der Waals surface area contributed by atoms with Crippen molar-refractivity contribution in [3.63, 3.8) is 0 Å². The Balaban J connectivity index is 1.84. The number of anilines is 2. The zero-order valence-electron chi connectivity index (χ0n) is 15.5. The second-order valence-electron chi connectivity index (χ2n) is 6.08. The number of carbonyl (C=O) groups is 1. The Morgan fingerprint density at radius 1 is 1.21 bits per heavy atom. The molecule has 0 aliphatic carbocycles. The number of aryl methyl sites for hydroxylation is 2. The maximum atomic E-state index is 12.6. The Bertz CT molecular complexity index is 1050. The zero-order valence-corrected chi connectivity index (χ0v) is 16.2.